The van der Waals surface area contributed by atoms with E-state index in [4.69, 9.17) is 0 Å². The lowest BCUT2D eigenvalue weighted by molar-refractivity contribution is 0.0940. The Morgan fingerprint density at radius 2 is 2.25 bits per heavy atom. The van der Waals surface area contributed by atoms with Crippen molar-refractivity contribution in [2.75, 3.05) is 0 Å². The van der Waals surface area contributed by atoms with Crippen LogP contribution in [0.5, 0.6) is 0 Å². The first-order chi connectivity index (χ1) is 5.79. The Bertz CT molecular complexity index is 431. The van der Waals surface area contributed by atoms with Gasteiger partial charge in [-0.25, -0.2) is 4.98 Å². The topological polar surface area (TPSA) is 34.9 Å². The van der Waals surface area contributed by atoms with Crippen molar-refractivity contribution in [2.45, 2.75) is 6.92 Å². The number of imidazole rings is 1. The third-order valence-electron chi connectivity index (χ3n) is 1.71. The molecular weight excluding hydrogens is 152 g/mol. The Hall–Kier alpha value is -1.64. The fraction of sp³-hybridized carbons (Fsp3) is 0.111. The highest BCUT2D eigenvalue weighted by atomic mass is 16.1. The highest BCUT2D eigenvalue weighted by molar-refractivity contribution is 5.88. The van der Waals surface area contributed by atoms with Gasteiger partial charge in [0.05, 0.1) is 11.0 Å². The molecule has 0 fully saturated rings. The molecule has 2 aromatic rings. The largest absolute Gasteiger partial charge is 0.274 e. The maximum atomic E-state index is 11.0. The molecule has 0 saturated carbocycles. The molecule has 0 aliphatic rings. The minimum atomic E-state index is -0.0660. The van der Waals surface area contributed by atoms with Crippen LogP contribution in [0.3, 0.4) is 0 Å². The maximum Gasteiger partial charge on any atom is 0.229 e. The summed E-state index contributed by atoms with van der Waals surface area (Å²) < 4.78 is 1.41. The molecule has 3 nitrogen and oxygen atoms in total. The van der Waals surface area contributed by atoms with Crippen LogP contribution in [-0.2, 0) is 0 Å². The molecule has 0 bridgehead atoms. The van der Waals surface area contributed by atoms with Gasteiger partial charge in [-0.15, -0.1) is 0 Å². The molecule has 1 heterocycles. The number of aromatic nitrogens is 2. The molecule has 0 amide bonds. The highest BCUT2D eigenvalue weighted by Crippen LogP contribution is 2.10. The fourth-order valence-corrected chi connectivity index (χ4v) is 1.15. The molecule has 59 valence electrons. The number of para-hydroxylation sites is 2. The number of carbonyl (C=O) groups excluding carboxylic acids is 1. The molecule has 1 aromatic carbocycles. The van der Waals surface area contributed by atoms with Crippen LogP contribution in [-0.4, -0.2) is 15.5 Å². The summed E-state index contributed by atoms with van der Waals surface area (Å²) in [5, 5.41) is 0. The molecule has 0 N–H and O–H groups in total. The van der Waals surface area contributed by atoms with E-state index >= 15 is 0 Å². The minimum Gasteiger partial charge on any atom is -0.274 e. The summed E-state index contributed by atoms with van der Waals surface area (Å²) in [6.07, 6.45) is 2.63. The molecule has 1 aromatic heterocycles. The van der Waals surface area contributed by atoms with Crippen molar-refractivity contribution in [1.82, 2.24) is 9.55 Å². The van der Waals surface area contributed by atoms with E-state index in [1.807, 2.05) is 24.3 Å². The molecule has 12 heavy (non-hydrogen) atoms. The van der Waals surface area contributed by atoms with Crippen LogP contribution in [0.15, 0.2) is 24.3 Å². The molecule has 1 radical (unpaired) electrons. The SMILES string of the molecule is CC(=O)n1[c]nc2ccccc21. The van der Waals surface area contributed by atoms with Gasteiger partial charge >= 0.3 is 0 Å². The average Bonchev–Trinajstić information content (AvgIpc) is 2.47. The molecule has 2 rings (SSSR count). The highest BCUT2D eigenvalue weighted by Gasteiger charge is 2.03. The smallest absolute Gasteiger partial charge is 0.229 e. The lowest BCUT2D eigenvalue weighted by atomic mass is 10.3. The van der Waals surface area contributed by atoms with E-state index in [1.54, 1.807) is 0 Å². The molecule has 0 unspecified atom stereocenters. The van der Waals surface area contributed by atoms with E-state index in [0.29, 0.717) is 0 Å². The van der Waals surface area contributed by atoms with Crippen LogP contribution in [0, 0.1) is 6.33 Å². The Kier molecular flexibility index (Phi) is 1.43. The van der Waals surface area contributed by atoms with Crippen molar-refractivity contribution in [3.63, 3.8) is 0 Å². The van der Waals surface area contributed by atoms with Crippen molar-refractivity contribution in [2.24, 2.45) is 0 Å². The second-order valence-electron chi connectivity index (χ2n) is 2.55. The summed E-state index contributed by atoms with van der Waals surface area (Å²) in [4.78, 5) is 15.0. The fourth-order valence-electron chi connectivity index (χ4n) is 1.15. The maximum absolute atomic E-state index is 11.0. The monoisotopic (exact) mass is 159 g/mol. The van der Waals surface area contributed by atoms with Gasteiger partial charge in [-0.1, -0.05) is 12.1 Å². The lowest BCUT2D eigenvalue weighted by Gasteiger charge is -1.94. The number of rotatable bonds is 0. The Morgan fingerprint density at radius 1 is 1.50 bits per heavy atom. The molecule has 0 aliphatic heterocycles. The van der Waals surface area contributed by atoms with Gasteiger partial charge in [0.25, 0.3) is 0 Å². The van der Waals surface area contributed by atoms with Crippen molar-refractivity contribution >= 4 is 16.9 Å². The van der Waals surface area contributed by atoms with Crippen LogP contribution >= 0.6 is 0 Å². The second-order valence-corrected chi connectivity index (χ2v) is 2.55. The first-order valence-corrected chi connectivity index (χ1v) is 3.65. The molecule has 0 spiro atoms. The second kappa shape index (κ2) is 2.44. The van der Waals surface area contributed by atoms with Crippen LogP contribution in [0.25, 0.3) is 11.0 Å². The summed E-state index contributed by atoms with van der Waals surface area (Å²) in [6.45, 7) is 1.49. The Morgan fingerprint density at radius 3 is 3.00 bits per heavy atom. The van der Waals surface area contributed by atoms with Crippen LogP contribution in [0.2, 0.25) is 0 Å². The van der Waals surface area contributed by atoms with Gasteiger partial charge in [0.15, 0.2) is 6.33 Å². The predicted octanol–water partition coefficient (Wildman–Crippen LogP) is 1.50. The number of hydrogen-bond donors (Lipinski definition) is 0. The third kappa shape index (κ3) is 0.906. The summed E-state index contributed by atoms with van der Waals surface area (Å²) >= 11 is 0. The van der Waals surface area contributed by atoms with Crippen LogP contribution in [0.1, 0.15) is 11.7 Å². The normalized spacial score (nSPS) is 10.4. The van der Waals surface area contributed by atoms with Gasteiger partial charge in [-0.3, -0.25) is 9.36 Å². The van der Waals surface area contributed by atoms with E-state index in [1.165, 1.54) is 11.5 Å². The predicted molar refractivity (Wildman–Crippen MR) is 44.9 cm³/mol. The van der Waals surface area contributed by atoms with Crippen molar-refractivity contribution in [3.8, 4) is 0 Å². The van der Waals surface area contributed by atoms with Crippen molar-refractivity contribution in [3.05, 3.63) is 30.6 Å². The summed E-state index contributed by atoms with van der Waals surface area (Å²) in [5.74, 6) is -0.0660. The molecular formula is C9H7N2O. The van der Waals surface area contributed by atoms with E-state index in [-0.39, 0.29) is 5.91 Å². The van der Waals surface area contributed by atoms with E-state index in [9.17, 15) is 4.79 Å². The third-order valence-corrected chi connectivity index (χ3v) is 1.71. The number of fused-ring (bicyclic) bond motifs is 1. The number of nitrogens with zero attached hydrogens (tertiary/aromatic N) is 2. The zero-order valence-corrected chi connectivity index (χ0v) is 6.61. The van der Waals surface area contributed by atoms with Gasteiger partial charge in [-0.05, 0) is 12.1 Å². The zero-order chi connectivity index (χ0) is 8.55. The molecule has 0 atom stereocenters. The van der Waals surface area contributed by atoms with Gasteiger partial charge < -0.3 is 0 Å². The van der Waals surface area contributed by atoms with Crippen LogP contribution in [0.4, 0.5) is 0 Å². The van der Waals surface area contributed by atoms with Crippen molar-refractivity contribution < 1.29 is 4.79 Å². The minimum absolute atomic E-state index is 0.0660. The van der Waals surface area contributed by atoms with Gasteiger partial charge in [0.1, 0.15) is 0 Å². The lowest BCUT2D eigenvalue weighted by Crippen LogP contribution is -2.03. The van der Waals surface area contributed by atoms with Crippen molar-refractivity contribution in [1.29, 1.82) is 0 Å². The summed E-state index contributed by atoms with van der Waals surface area (Å²) in [7, 11) is 0. The molecule has 3 heteroatoms. The van der Waals surface area contributed by atoms with E-state index in [0.717, 1.165) is 11.0 Å². The number of benzene rings is 1. The zero-order valence-electron chi connectivity index (χ0n) is 6.61. The first-order valence-electron chi connectivity index (χ1n) is 3.65. The van der Waals surface area contributed by atoms with E-state index < -0.39 is 0 Å². The summed E-state index contributed by atoms with van der Waals surface area (Å²) in [5.41, 5.74) is 1.61. The Balaban J connectivity index is 2.79. The number of hydrogen-bond acceptors (Lipinski definition) is 2. The summed E-state index contributed by atoms with van der Waals surface area (Å²) in [6, 6.07) is 7.45. The molecule has 0 aliphatic carbocycles. The average molecular weight is 159 g/mol. The van der Waals surface area contributed by atoms with Crippen LogP contribution < -0.4 is 0 Å². The Labute approximate surface area is 69.6 Å². The molecule has 0 saturated heterocycles. The standard InChI is InChI=1S/C9H7N2O/c1-7(12)11-6-10-8-4-2-3-5-9(8)11/h2-5H,1H3. The van der Waals surface area contributed by atoms with Gasteiger partial charge in [0, 0.05) is 6.92 Å². The van der Waals surface area contributed by atoms with Gasteiger partial charge in [-0.2, -0.15) is 0 Å². The number of carbonyl (C=O) groups is 1. The quantitative estimate of drug-likeness (QED) is 0.583. The van der Waals surface area contributed by atoms with E-state index in [2.05, 4.69) is 11.3 Å². The first kappa shape index (κ1) is 7.03. The van der Waals surface area contributed by atoms with Gasteiger partial charge in [0.2, 0.25) is 5.91 Å².